The molecule has 1 saturated heterocycles. The lowest BCUT2D eigenvalue weighted by Crippen LogP contribution is -2.41. The van der Waals surface area contributed by atoms with Gasteiger partial charge in [0, 0.05) is 79.1 Å². The Morgan fingerprint density at radius 1 is 0.330 bits per heavy atom. The summed E-state index contributed by atoms with van der Waals surface area (Å²) < 4.78 is 33.4. The molecular formula is C78H56BBr2IN2O4. The molecule has 0 unspecified atom stereocenters. The van der Waals surface area contributed by atoms with Crippen molar-refractivity contribution in [2.24, 2.45) is 0 Å². The maximum absolute atomic E-state index is 6.35. The largest absolute Gasteiger partial charge is 0.494 e. The number of aromatic nitrogens is 2. The molecule has 5 heterocycles. The predicted octanol–water partition coefficient (Wildman–Crippen LogP) is 22.5. The lowest BCUT2D eigenvalue weighted by atomic mass is 9.78. The Labute approximate surface area is 540 Å². The van der Waals surface area contributed by atoms with E-state index in [4.69, 9.17) is 18.1 Å². The number of halogens is 3. The zero-order chi connectivity index (χ0) is 59.8. The van der Waals surface area contributed by atoms with Gasteiger partial charge in [-0.1, -0.05) is 186 Å². The minimum Gasteiger partial charge on any atom is -0.456 e. The number of nitrogens with zero attached hydrogens (tertiary/aromatic N) is 2. The van der Waals surface area contributed by atoms with Crippen LogP contribution in [0.2, 0.25) is 0 Å². The highest BCUT2D eigenvalue weighted by molar-refractivity contribution is 14.1. The van der Waals surface area contributed by atoms with Crippen LogP contribution in [0.15, 0.2) is 285 Å². The molecule has 16 aromatic rings. The molecule has 1 aliphatic heterocycles. The first-order chi connectivity index (χ1) is 42.8. The summed E-state index contributed by atoms with van der Waals surface area (Å²) in [4.78, 5) is 0. The van der Waals surface area contributed by atoms with E-state index in [-0.39, 0.29) is 11.2 Å². The number of rotatable bonds is 6. The van der Waals surface area contributed by atoms with Crippen LogP contribution in [0.5, 0.6) is 0 Å². The summed E-state index contributed by atoms with van der Waals surface area (Å²) in [6.45, 7) is 8.36. The van der Waals surface area contributed by atoms with E-state index in [2.05, 4.69) is 310 Å². The lowest BCUT2D eigenvalue weighted by Gasteiger charge is -2.32. The van der Waals surface area contributed by atoms with Crippen LogP contribution in [0, 0.1) is 3.57 Å². The molecule has 0 atom stereocenters. The van der Waals surface area contributed by atoms with Gasteiger partial charge in [-0.05, 0) is 190 Å². The Morgan fingerprint density at radius 2 is 0.739 bits per heavy atom. The average Bonchev–Trinajstić information content (AvgIpc) is 1.63. The molecule has 0 radical (unpaired) electrons. The number of para-hydroxylation sites is 4. The molecule has 0 N–H and O–H groups in total. The first kappa shape index (κ1) is 56.1. The van der Waals surface area contributed by atoms with E-state index in [1.807, 2.05) is 48.5 Å². The molecule has 0 saturated carbocycles. The van der Waals surface area contributed by atoms with Crippen LogP contribution >= 0.6 is 54.5 Å². The molecule has 10 heteroatoms. The molecule has 88 heavy (non-hydrogen) atoms. The van der Waals surface area contributed by atoms with Crippen molar-refractivity contribution in [3.63, 3.8) is 0 Å². The quantitative estimate of drug-likeness (QED) is 0.123. The van der Waals surface area contributed by atoms with Gasteiger partial charge in [0.25, 0.3) is 0 Å². The van der Waals surface area contributed by atoms with E-state index < -0.39 is 7.12 Å². The molecule has 426 valence electrons. The van der Waals surface area contributed by atoms with Gasteiger partial charge >= 0.3 is 7.12 Å². The minimum absolute atomic E-state index is 0.380. The molecule has 0 bridgehead atoms. The lowest BCUT2D eigenvalue weighted by molar-refractivity contribution is 0.00578. The maximum atomic E-state index is 6.35. The fraction of sp³-hybridized carbons (Fsp3) is 0.0769. The monoisotopic (exact) mass is 1380 g/mol. The Kier molecular flexibility index (Phi) is 14.4. The van der Waals surface area contributed by atoms with Crippen molar-refractivity contribution in [1.29, 1.82) is 0 Å². The van der Waals surface area contributed by atoms with Crippen LogP contribution < -0.4 is 5.46 Å². The number of hydrogen-bond donors (Lipinski definition) is 0. The van der Waals surface area contributed by atoms with Crippen molar-refractivity contribution in [1.82, 2.24) is 9.13 Å². The van der Waals surface area contributed by atoms with Crippen LogP contribution in [-0.4, -0.2) is 27.5 Å². The molecule has 1 fully saturated rings. The van der Waals surface area contributed by atoms with Crippen molar-refractivity contribution in [3.05, 3.63) is 279 Å². The third-order valence-electron chi connectivity index (χ3n) is 17.5. The second kappa shape index (κ2) is 22.6. The maximum Gasteiger partial charge on any atom is 0.494 e. The van der Waals surface area contributed by atoms with Gasteiger partial charge < -0.3 is 27.3 Å². The van der Waals surface area contributed by atoms with Crippen molar-refractivity contribution in [2.45, 2.75) is 38.9 Å². The third-order valence-corrected chi connectivity index (χ3v) is 20.6. The van der Waals surface area contributed by atoms with E-state index in [1.165, 1.54) is 68.4 Å². The summed E-state index contributed by atoms with van der Waals surface area (Å²) in [5.41, 5.74) is 17.7. The van der Waals surface area contributed by atoms with Crippen LogP contribution in [0.3, 0.4) is 0 Å². The summed E-state index contributed by atoms with van der Waals surface area (Å²) in [6.07, 6.45) is 0. The molecule has 4 aromatic heterocycles. The predicted molar refractivity (Wildman–Crippen MR) is 383 cm³/mol. The van der Waals surface area contributed by atoms with Gasteiger partial charge in [-0.3, -0.25) is 0 Å². The number of benzene rings is 12. The summed E-state index contributed by atoms with van der Waals surface area (Å²) in [5, 5.41) is 9.48. The van der Waals surface area contributed by atoms with Crippen molar-refractivity contribution in [2.75, 3.05) is 0 Å². The highest BCUT2D eigenvalue weighted by Crippen LogP contribution is 2.42. The van der Waals surface area contributed by atoms with Gasteiger partial charge in [0.05, 0.1) is 33.3 Å². The van der Waals surface area contributed by atoms with Gasteiger partial charge in [0.1, 0.15) is 22.3 Å². The van der Waals surface area contributed by atoms with E-state index in [0.717, 1.165) is 81.8 Å². The first-order valence-electron chi connectivity index (χ1n) is 29.5. The van der Waals surface area contributed by atoms with Gasteiger partial charge in [-0.15, -0.1) is 0 Å². The van der Waals surface area contributed by atoms with Gasteiger partial charge in [0.15, 0.2) is 0 Å². The molecular weight excluding hydrogens is 1330 g/mol. The fourth-order valence-corrected chi connectivity index (χ4v) is 13.6. The van der Waals surface area contributed by atoms with Crippen molar-refractivity contribution >= 4 is 155 Å². The second-order valence-electron chi connectivity index (χ2n) is 23.4. The van der Waals surface area contributed by atoms with Gasteiger partial charge in [-0.2, -0.15) is 0 Å². The van der Waals surface area contributed by atoms with E-state index in [1.54, 1.807) is 0 Å². The first-order valence-corrected chi connectivity index (χ1v) is 32.1. The molecule has 0 aliphatic carbocycles. The Morgan fingerprint density at radius 3 is 1.26 bits per heavy atom. The molecule has 17 rings (SSSR count). The zero-order valence-corrected chi connectivity index (χ0v) is 54.0. The normalized spacial score (nSPS) is 13.7. The standard InChI is InChI=1S/C36H30BNO3.C36H22BrNO.C6H4BrI/c1-35(2)36(3,4)41-37(40-35)25-11-9-10-23(20-25)24-16-18-28-27-12-5-7-14-31(27)38(32(28)21-24)26-17-19-30-29-13-6-8-15-33(29)39-34(30)22-26;37-32-13-4-1-10-27(32)25-9-7-8-23(20-25)24-16-18-29-28-11-2-5-14-33(28)38(34(29)21-24)26-17-19-31-30-12-3-6-15-35(30)39-36(31)22-26;7-5-3-1-2-4-6(5)8/h5-22H,1-4H3;1-22H;1-4H. The minimum atomic E-state index is -0.398. The number of furan rings is 2. The van der Waals surface area contributed by atoms with Crippen LogP contribution in [-0.2, 0) is 9.31 Å². The van der Waals surface area contributed by atoms with E-state index in [0.29, 0.717) is 0 Å². The Bertz CT molecular complexity index is 5350. The van der Waals surface area contributed by atoms with Crippen LogP contribution in [0.4, 0.5) is 0 Å². The van der Waals surface area contributed by atoms with Gasteiger partial charge in [-0.25, -0.2) is 0 Å². The third kappa shape index (κ3) is 10.0. The average molecular weight is 1380 g/mol. The van der Waals surface area contributed by atoms with Crippen molar-refractivity contribution in [3.8, 4) is 44.8 Å². The van der Waals surface area contributed by atoms with Gasteiger partial charge in [0.2, 0.25) is 0 Å². The topological polar surface area (TPSA) is 54.6 Å². The Hall–Kier alpha value is -8.49. The molecule has 0 spiro atoms. The fourth-order valence-electron chi connectivity index (χ4n) is 12.4. The molecule has 1 aliphatic rings. The Balaban J connectivity index is 0.000000131. The molecule has 6 nitrogen and oxygen atoms in total. The van der Waals surface area contributed by atoms with Crippen LogP contribution in [0.1, 0.15) is 27.7 Å². The highest BCUT2D eigenvalue weighted by atomic mass is 127. The van der Waals surface area contributed by atoms with Crippen LogP contribution in [0.25, 0.3) is 132 Å². The summed E-state index contributed by atoms with van der Waals surface area (Å²) in [6, 6.07) is 94.1. The summed E-state index contributed by atoms with van der Waals surface area (Å²) in [5.74, 6) is 0. The van der Waals surface area contributed by atoms with E-state index in [9.17, 15) is 0 Å². The van der Waals surface area contributed by atoms with Crippen molar-refractivity contribution < 1.29 is 18.1 Å². The zero-order valence-electron chi connectivity index (χ0n) is 48.6. The SMILES string of the molecule is Brc1ccccc1-c1cccc(-c2ccc3c4ccccc4n(-c4ccc5c(c4)oc4ccccc45)c3c2)c1.Brc1ccccc1I.CC1(C)OB(c2cccc(-c3ccc4c5ccccc5n(-c5ccc6c(c5)oc5ccccc56)c4c3)c2)OC1(C)C. The summed E-state index contributed by atoms with van der Waals surface area (Å²) in [7, 11) is -0.398. The smallest absolute Gasteiger partial charge is 0.456 e. The molecule has 0 amide bonds. The molecule has 12 aromatic carbocycles. The number of hydrogen-bond acceptors (Lipinski definition) is 4. The summed E-state index contributed by atoms with van der Waals surface area (Å²) >= 11 is 9.38. The van der Waals surface area contributed by atoms with E-state index >= 15 is 0 Å². The second-order valence-corrected chi connectivity index (χ2v) is 26.3. The highest BCUT2D eigenvalue weighted by Gasteiger charge is 2.51. The number of fused-ring (bicyclic) bond motifs is 12.